The Labute approximate surface area is 198 Å². The Bertz CT molecular complexity index is 1010. The van der Waals surface area contributed by atoms with Gasteiger partial charge in [0.25, 0.3) is 0 Å². The summed E-state index contributed by atoms with van der Waals surface area (Å²) < 4.78 is 99.2. The molecule has 0 aliphatic heterocycles. The van der Waals surface area contributed by atoms with E-state index >= 15 is 0 Å². The Morgan fingerprint density at radius 1 is 1.03 bits per heavy atom. The Balaban J connectivity index is 1.93. The first-order valence-corrected chi connectivity index (χ1v) is 11.1. The highest BCUT2D eigenvalue weighted by molar-refractivity contribution is 5.82. The summed E-state index contributed by atoms with van der Waals surface area (Å²) >= 11 is 0. The predicted octanol–water partition coefficient (Wildman–Crippen LogP) is 8.04. The molecule has 0 saturated heterocycles. The Kier molecular flexibility index (Phi) is 8.09. The normalized spacial score (nSPS) is 21.7. The van der Waals surface area contributed by atoms with Crippen LogP contribution in [-0.4, -0.2) is 11.9 Å². The zero-order chi connectivity index (χ0) is 26.0. The number of hydrogen-bond acceptors (Lipinski definition) is 2. The van der Waals surface area contributed by atoms with Crippen LogP contribution in [0.2, 0.25) is 0 Å². The second-order valence-corrected chi connectivity index (χ2v) is 8.71. The SMILES string of the molecule is C=CCCC(=O)[C@@H]1CC[C@H](O[C@H](C)c2cc(C(F)(F)F)cc(C(F)(F)F)c2)[C@H]1c1ccc(F)cc1. The van der Waals surface area contributed by atoms with E-state index in [4.69, 9.17) is 4.74 Å². The molecule has 2 aromatic carbocycles. The van der Waals surface area contributed by atoms with Gasteiger partial charge in [-0.05, 0) is 67.6 Å². The topological polar surface area (TPSA) is 26.3 Å². The molecule has 0 N–H and O–H groups in total. The van der Waals surface area contributed by atoms with E-state index in [1.165, 1.54) is 31.2 Å². The molecule has 0 unspecified atom stereocenters. The molecule has 9 heteroatoms. The van der Waals surface area contributed by atoms with Gasteiger partial charge >= 0.3 is 12.4 Å². The van der Waals surface area contributed by atoms with Crippen molar-refractivity contribution in [1.82, 2.24) is 0 Å². The van der Waals surface area contributed by atoms with E-state index in [0.29, 0.717) is 37.0 Å². The van der Waals surface area contributed by atoms with Gasteiger partial charge in [0.15, 0.2) is 0 Å². The molecule has 1 fully saturated rings. The van der Waals surface area contributed by atoms with E-state index in [1.807, 2.05) is 0 Å². The van der Waals surface area contributed by atoms with Crippen LogP contribution in [0.15, 0.2) is 55.1 Å². The monoisotopic (exact) mass is 502 g/mol. The lowest BCUT2D eigenvalue weighted by atomic mass is 9.83. The second-order valence-electron chi connectivity index (χ2n) is 8.71. The minimum absolute atomic E-state index is 0.0450. The molecule has 0 spiro atoms. The van der Waals surface area contributed by atoms with Crippen molar-refractivity contribution in [3.05, 3.63) is 83.2 Å². The van der Waals surface area contributed by atoms with E-state index < -0.39 is 53.3 Å². The highest BCUT2D eigenvalue weighted by Crippen LogP contribution is 2.45. The number of benzene rings is 2. The highest BCUT2D eigenvalue weighted by atomic mass is 19.4. The lowest BCUT2D eigenvalue weighted by molar-refractivity contribution is -0.143. The molecule has 190 valence electrons. The molecule has 0 aromatic heterocycles. The minimum atomic E-state index is -4.97. The number of ether oxygens (including phenoxy) is 1. The molecule has 0 amide bonds. The second kappa shape index (κ2) is 10.5. The maximum atomic E-state index is 13.5. The van der Waals surface area contributed by atoms with Crippen molar-refractivity contribution in [1.29, 1.82) is 0 Å². The van der Waals surface area contributed by atoms with E-state index in [0.717, 1.165) is 0 Å². The summed E-state index contributed by atoms with van der Waals surface area (Å²) in [4.78, 5) is 12.8. The molecule has 35 heavy (non-hydrogen) atoms. The number of allylic oxidation sites excluding steroid dienone is 1. The standard InChI is InChI=1S/C26H25F7O2/c1-3-4-5-22(34)21-10-11-23(24(21)16-6-8-20(27)9-7-16)35-15(2)17-12-18(25(28,29)30)14-19(13-17)26(31,32)33/h3,6-9,12-15,21,23-24H,1,4-5,10-11H2,2H3/t15-,21+,23+,24+/m1/s1. The van der Waals surface area contributed by atoms with Gasteiger partial charge in [0.2, 0.25) is 0 Å². The summed E-state index contributed by atoms with van der Waals surface area (Å²) in [6.45, 7) is 4.98. The van der Waals surface area contributed by atoms with E-state index in [9.17, 15) is 35.5 Å². The largest absolute Gasteiger partial charge is 0.416 e. The van der Waals surface area contributed by atoms with Crippen molar-refractivity contribution < 1.29 is 40.3 Å². The maximum Gasteiger partial charge on any atom is 0.416 e. The highest BCUT2D eigenvalue weighted by Gasteiger charge is 2.43. The Morgan fingerprint density at radius 3 is 2.11 bits per heavy atom. The van der Waals surface area contributed by atoms with Crippen LogP contribution in [0, 0.1) is 11.7 Å². The minimum Gasteiger partial charge on any atom is -0.370 e. The van der Waals surface area contributed by atoms with E-state index in [2.05, 4.69) is 6.58 Å². The molecule has 2 aromatic rings. The van der Waals surface area contributed by atoms with Crippen molar-refractivity contribution in [3.8, 4) is 0 Å². The van der Waals surface area contributed by atoms with Gasteiger partial charge in [-0.25, -0.2) is 4.39 Å². The lowest BCUT2D eigenvalue weighted by Crippen LogP contribution is -2.26. The zero-order valence-electron chi connectivity index (χ0n) is 18.9. The number of ketones is 1. The summed E-state index contributed by atoms with van der Waals surface area (Å²) in [6.07, 6.45) is -8.57. The third-order valence-corrected chi connectivity index (χ3v) is 6.32. The number of carbonyl (C=O) groups is 1. The summed E-state index contributed by atoms with van der Waals surface area (Å²) in [5, 5.41) is 0. The van der Waals surface area contributed by atoms with E-state index in [-0.39, 0.29) is 23.8 Å². The Hall–Kier alpha value is -2.68. The van der Waals surface area contributed by atoms with Crippen LogP contribution in [0.3, 0.4) is 0 Å². The number of Topliss-reactive ketones (excluding diaryl/α,β-unsaturated/α-hetero) is 1. The van der Waals surface area contributed by atoms with E-state index in [1.54, 1.807) is 6.08 Å². The summed E-state index contributed by atoms with van der Waals surface area (Å²) in [6, 6.07) is 6.88. The summed E-state index contributed by atoms with van der Waals surface area (Å²) in [7, 11) is 0. The van der Waals surface area contributed by atoms with Crippen molar-refractivity contribution in [2.24, 2.45) is 5.92 Å². The van der Waals surface area contributed by atoms with Crippen LogP contribution in [0.1, 0.15) is 66.9 Å². The zero-order valence-corrected chi connectivity index (χ0v) is 18.9. The number of carbonyl (C=O) groups excluding carboxylic acids is 1. The maximum absolute atomic E-state index is 13.5. The molecular weight excluding hydrogens is 477 g/mol. The van der Waals surface area contributed by atoms with Gasteiger partial charge in [-0.3, -0.25) is 4.79 Å². The molecular formula is C26H25F7O2. The smallest absolute Gasteiger partial charge is 0.370 e. The molecule has 1 saturated carbocycles. The van der Waals surface area contributed by atoms with Crippen molar-refractivity contribution >= 4 is 5.78 Å². The first-order valence-electron chi connectivity index (χ1n) is 11.1. The lowest BCUT2D eigenvalue weighted by Gasteiger charge is -2.28. The average Bonchev–Trinajstić information content (AvgIpc) is 3.20. The molecule has 4 atom stereocenters. The fourth-order valence-electron chi connectivity index (χ4n) is 4.59. The van der Waals surface area contributed by atoms with Gasteiger partial charge in [0.1, 0.15) is 11.6 Å². The molecule has 3 rings (SSSR count). The Morgan fingerprint density at radius 2 is 1.60 bits per heavy atom. The third kappa shape index (κ3) is 6.51. The van der Waals surface area contributed by atoms with Crippen LogP contribution in [0.25, 0.3) is 0 Å². The molecule has 0 bridgehead atoms. The van der Waals surface area contributed by atoms with Crippen molar-refractivity contribution in [3.63, 3.8) is 0 Å². The van der Waals surface area contributed by atoms with Crippen molar-refractivity contribution in [2.45, 2.75) is 63.1 Å². The van der Waals surface area contributed by atoms with Crippen LogP contribution in [-0.2, 0) is 21.9 Å². The summed E-state index contributed by atoms with van der Waals surface area (Å²) in [5.74, 6) is -1.50. The first-order chi connectivity index (χ1) is 16.3. The van der Waals surface area contributed by atoms with Gasteiger partial charge in [-0.1, -0.05) is 18.2 Å². The first kappa shape index (κ1) is 26.9. The molecule has 0 heterocycles. The molecule has 0 radical (unpaired) electrons. The van der Waals surface area contributed by atoms with Gasteiger partial charge < -0.3 is 4.74 Å². The third-order valence-electron chi connectivity index (χ3n) is 6.32. The number of halogens is 7. The van der Waals surface area contributed by atoms with Crippen molar-refractivity contribution in [2.75, 3.05) is 0 Å². The van der Waals surface area contributed by atoms with Crippen LogP contribution in [0.5, 0.6) is 0 Å². The van der Waals surface area contributed by atoms with Gasteiger partial charge in [-0.15, -0.1) is 6.58 Å². The van der Waals surface area contributed by atoms with Gasteiger partial charge in [0, 0.05) is 18.3 Å². The van der Waals surface area contributed by atoms with Gasteiger partial charge in [-0.2, -0.15) is 26.3 Å². The number of rotatable bonds is 8. The molecule has 1 aliphatic carbocycles. The average molecular weight is 502 g/mol. The predicted molar refractivity (Wildman–Crippen MR) is 116 cm³/mol. The fraction of sp³-hybridized carbons (Fsp3) is 0.423. The number of hydrogen-bond donors (Lipinski definition) is 0. The van der Waals surface area contributed by atoms with Crippen LogP contribution in [0.4, 0.5) is 30.7 Å². The van der Waals surface area contributed by atoms with Gasteiger partial charge in [0.05, 0.1) is 23.3 Å². The quantitative estimate of drug-likeness (QED) is 0.270. The van der Waals surface area contributed by atoms with Crippen LogP contribution >= 0.6 is 0 Å². The van der Waals surface area contributed by atoms with Crippen LogP contribution < -0.4 is 0 Å². The fourth-order valence-corrected chi connectivity index (χ4v) is 4.59. The summed E-state index contributed by atoms with van der Waals surface area (Å²) in [5.41, 5.74) is -2.49. The number of alkyl halides is 6. The molecule has 2 nitrogen and oxygen atoms in total. The molecule has 1 aliphatic rings.